The molecule has 0 atom stereocenters. The number of benzene rings is 2. The fraction of sp³-hybridized carbons (Fsp3) is 0.190. The van der Waals surface area contributed by atoms with Crippen LogP contribution in [0, 0.1) is 11.7 Å². The lowest BCUT2D eigenvalue weighted by Crippen LogP contribution is -2.30. The number of aryl methyl sites for hydroxylation is 1. The lowest BCUT2D eigenvalue weighted by atomic mass is 10.1. The topological polar surface area (TPSA) is 77.4 Å². The largest absolute Gasteiger partial charge is 0.424 e. The molecule has 1 heterocycles. The van der Waals surface area contributed by atoms with Gasteiger partial charge in [0, 0.05) is 12.7 Å². The monoisotopic (exact) mass is 416 g/mol. The molecule has 0 aliphatic rings. The van der Waals surface area contributed by atoms with Gasteiger partial charge in [0.05, 0.1) is 21.8 Å². The Labute approximate surface area is 170 Å². The number of nitrogens with one attached hydrogen (secondary N) is 1. The maximum atomic E-state index is 13.1. The Morgan fingerprint density at radius 2 is 1.79 bits per heavy atom. The van der Waals surface area contributed by atoms with E-state index in [0.717, 1.165) is 0 Å². The van der Waals surface area contributed by atoms with E-state index in [2.05, 4.69) is 5.32 Å². The van der Waals surface area contributed by atoms with E-state index in [9.17, 15) is 18.8 Å². The molecule has 8 heteroatoms. The fourth-order valence-electron chi connectivity index (χ4n) is 2.76. The molecule has 2 aromatic carbocycles. The highest BCUT2D eigenvalue weighted by atomic mass is 35.5. The second-order valence-corrected chi connectivity index (χ2v) is 7.15. The Morgan fingerprint density at radius 3 is 2.41 bits per heavy atom. The zero-order valence-electron chi connectivity index (χ0n) is 16.0. The number of anilines is 1. The van der Waals surface area contributed by atoms with Gasteiger partial charge in [-0.15, -0.1) is 0 Å². The Bertz CT molecular complexity index is 1170. The molecule has 0 bridgehead atoms. The minimum atomic E-state index is -0.800. The van der Waals surface area contributed by atoms with E-state index < -0.39 is 29.2 Å². The predicted octanol–water partition coefficient (Wildman–Crippen LogP) is 4.14. The van der Waals surface area contributed by atoms with E-state index >= 15 is 0 Å². The maximum Gasteiger partial charge on any atom is 0.313 e. The molecule has 0 saturated heterocycles. The van der Waals surface area contributed by atoms with Crippen LogP contribution in [0.2, 0.25) is 5.02 Å². The Morgan fingerprint density at radius 1 is 1.14 bits per heavy atom. The van der Waals surface area contributed by atoms with E-state index in [1.54, 1.807) is 32.0 Å². The summed E-state index contributed by atoms with van der Waals surface area (Å²) in [7, 11) is 1.49. The molecule has 0 aliphatic heterocycles. The maximum absolute atomic E-state index is 13.1. The summed E-state index contributed by atoms with van der Waals surface area (Å²) < 4.78 is 19.8. The summed E-state index contributed by atoms with van der Waals surface area (Å²) >= 11 is 6.32. The molecule has 29 heavy (non-hydrogen) atoms. The van der Waals surface area contributed by atoms with Crippen LogP contribution in [0.15, 0.2) is 47.3 Å². The summed E-state index contributed by atoms with van der Waals surface area (Å²) in [5, 5.41) is 3.02. The standard InChI is InChI=1S/C21H18ClFN2O4/c1-11(2)21(28)29-18-16-14(22)5-4-6-15(16)25(3)20(27)17(18)19(26)24-13-9-7-12(23)8-10-13/h4-11H,1-3H3,(H,24,26). The van der Waals surface area contributed by atoms with E-state index in [1.165, 1.54) is 35.9 Å². The smallest absolute Gasteiger partial charge is 0.313 e. The number of rotatable bonds is 4. The highest BCUT2D eigenvalue weighted by Gasteiger charge is 2.26. The average molecular weight is 417 g/mol. The molecular formula is C21H18ClFN2O4. The third-order valence-corrected chi connectivity index (χ3v) is 4.64. The van der Waals surface area contributed by atoms with Crippen LogP contribution < -0.4 is 15.6 Å². The third kappa shape index (κ3) is 4.00. The van der Waals surface area contributed by atoms with Gasteiger partial charge in [0.1, 0.15) is 11.4 Å². The van der Waals surface area contributed by atoms with Gasteiger partial charge >= 0.3 is 5.97 Å². The van der Waals surface area contributed by atoms with Crippen LogP contribution in [0.5, 0.6) is 5.75 Å². The van der Waals surface area contributed by atoms with Gasteiger partial charge in [-0.25, -0.2) is 4.39 Å². The van der Waals surface area contributed by atoms with Crippen molar-refractivity contribution in [2.24, 2.45) is 13.0 Å². The van der Waals surface area contributed by atoms with Crippen molar-refractivity contribution < 1.29 is 18.7 Å². The first kappa shape index (κ1) is 20.5. The van der Waals surface area contributed by atoms with Crippen molar-refractivity contribution in [1.29, 1.82) is 0 Å². The number of nitrogens with zero attached hydrogens (tertiary/aromatic N) is 1. The average Bonchev–Trinajstić information content (AvgIpc) is 2.67. The van der Waals surface area contributed by atoms with Crippen LogP contribution in [0.3, 0.4) is 0 Å². The molecular weight excluding hydrogens is 399 g/mol. The molecule has 150 valence electrons. The lowest BCUT2D eigenvalue weighted by Gasteiger charge is -2.17. The summed E-state index contributed by atoms with van der Waals surface area (Å²) in [6.07, 6.45) is 0. The quantitative estimate of drug-likeness (QED) is 0.648. The fourth-order valence-corrected chi connectivity index (χ4v) is 3.02. The number of ether oxygens (including phenoxy) is 1. The summed E-state index contributed by atoms with van der Waals surface area (Å²) in [4.78, 5) is 38.2. The van der Waals surface area contributed by atoms with Crippen LogP contribution >= 0.6 is 11.6 Å². The predicted molar refractivity (Wildman–Crippen MR) is 109 cm³/mol. The molecule has 0 unspecified atom stereocenters. The van der Waals surface area contributed by atoms with Gasteiger partial charge in [0.25, 0.3) is 11.5 Å². The zero-order chi connectivity index (χ0) is 21.3. The van der Waals surface area contributed by atoms with Gasteiger partial charge in [-0.1, -0.05) is 31.5 Å². The van der Waals surface area contributed by atoms with Crippen LogP contribution in [0.4, 0.5) is 10.1 Å². The summed E-state index contributed by atoms with van der Waals surface area (Å²) in [5.74, 6) is -2.58. The zero-order valence-corrected chi connectivity index (χ0v) is 16.7. The van der Waals surface area contributed by atoms with Crippen LogP contribution in [0.1, 0.15) is 24.2 Å². The van der Waals surface area contributed by atoms with Gasteiger partial charge in [-0.2, -0.15) is 0 Å². The van der Waals surface area contributed by atoms with Gasteiger partial charge < -0.3 is 14.6 Å². The molecule has 0 aliphatic carbocycles. The number of halogens is 2. The van der Waals surface area contributed by atoms with E-state index in [0.29, 0.717) is 5.52 Å². The minimum Gasteiger partial charge on any atom is -0.424 e. The highest BCUT2D eigenvalue weighted by Crippen LogP contribution is 2.34. The van der Waals surface area contributed by atoms with Crippen LogP contribution in [0.25, 0.3) is 10.9 Å². The number of carbonyl (C=O) groups is 2. The van der Waals surface area contributed by atoms with E-state index in [4.69, 9.17) is 16.3 Å². The lowest BCUT2D eigenvalue weighted by molar-refractivity contribution is -0.137. The Hall–Kier alpha value is -3.19. The molecule has 6 nitrogen and oxygen atoms in total. The first-order valence-electron chi connectivity index (χ1n) is 8.80. The molecule has 3 aromatic rings. The highest BCUT2D eigenvalue weighted by molar-refractivity contribution is 6.36. The molecule has 1 aromatic heterocycles. The van der Waals surface area contributed by atoms with Crippen molar-refractivity contribution in [1.82, 2.24) is 4.57 Å². The summed E-state index contributed by atoms with van der Waals surface area (Å²) in [6, 6.07) is 9.91. The van der Waals surface area contributed by atoms with Crippen molar-refractivity contribution in [2.75, 3.05) is 5.32 Å². The second-order valence-electron chi connectivity index (χ2n) is 6.74. The van der Waals surface area contributed by atoms with Gasteiger partial charge in [0.2, 0.25) is 0 Å². The number of hydrogen-bond acceptors (Lipinski definition) is 4. The van der Waals surface area contributed by atoms with Crippen molar-refractivity contribution in [2.45, 2.75) is 13.8 Å². The SMILES string of the molecule is CC(C)C(=O)Oc1c(C(=O)Nc2ccc(F)cc2)c(=O)n(C)c2cccc(Cl)c12. The van der Waals surface area contributed by atoms with Crippen molar-refractivity contribution in [3.8, 4) is 5.75 Å². The van der Waals surface area contributed by atoms with Gasteiger partial charge in [0.15, 0.2) is 5.75 Å². The molecule has 0 saturated carbocycles. The molecule has 0 spiro atoms. The van der Waals surface area contributed by atoms with E-state index in [1.807, 2.05) is 0 Å². The molecule has 1 N–H and O–H groups in total. The number of esters is 1. The normalized spacial score (nSPS) is 11.0. The number of carbonyl (C=O) groups excluding carboxylic acids is 2. The Kier molecular flexibility index (Phi) is 5.70. The molecule has 1 amide bonds. The van der Waals surface area contributed by atoms with Gasteiger partial charge in [-0.05, 0) is 36.4 Å². The number of pyridine rings is 1. The first-order valence-corrected chi connectivity index (χ1v) is 9.18. The Balaban J connectivity index is 2.23. The van der Waals surface area contributed by atoms with Crippen LogP contribution in [-0.4, -0.2) is 16.4 Å². The number of hydrogen-bond donors (Lipinski definition) is 1. The minimum absolute atomic E-state index is 0.202. The van der Waals surface area contributed by atoms with Crippen molar-refractivity contribution >= 4 is 40.1 Å². The van der Waals surface area contributed by atoms with E-state index in [-0.39, 0.29) is 27.4 Å². The number of amides is 1. The third-order valence-electron chi connectivity index (χ3n) is 4.33. The molecule has 3 rings (SSSR count). The molecule has 0 radical (unpaired) electrons. The molecule has 0 fully saturated rings. The van der Waals surface area contributed by atoms with Crippen molar-refractivity contribution in [3.63, 3.8) is 0 Å². The first-order chi connectivity index (χ1) is 13.7. The van der Waals surface area contributed by atoms with Crippen LogP contribution in [-0.2, 0) is 11.8 Å². The summed E-state index contributed by atoms with van der Waals surface area (Å²) in [5.41, 5.74) is -0.344. The van der Waals surface area contributed by atoms with Crippen molar-refractivity contribution in [3.05, 3.63) is 69.2 Å². The number of aromatic nitrogens is 1. The second kappa shape index (κ2) is 8.05. The van der Waals surface area contributed by atoms with Gasteiger partial charge in [-0.3, -0.25) is 14.4 Å². The number of fused-ring (bicyclic) bond motifs is 1. The summed E-state index contributed by atoms with van der Waals surface area (Å²) in [6.45, 7) is 3.26.